The number of carboxylic acids is 1. The van der Waals surface area contributed by atoms with Crippen molar-refractivity contribution in [2.24, 2.45) is 0 Å². The summed E-state index contributed by atoms with van der Waals surface area (Å²) < 4.78 is 1.63. The Kier molecular flexibility index (Phi) is 1.74. The molecule has 1 N–H and O–H groups in total. The molecule has 2 rings (SSSR count). The molecule has 2 heterocycles. The Morgan fingerprint density at radius 2 is 2.00 bits per heavy atom. The summed E-state index contributed by atoms with van der Waals surface area (Å²) >= 11 is 5.82. The minimum absolute atomic E-state index is 0.227. The van der Waals surface area contributed by atoms with Crippen LogP contribution in [-0.2, 0) is 0 Å². The van der Waals surface area contributed by atoms with Gasteiger partial charge in [0.25, 0.3) is 0 Å². The smallest absolute Gasteiger partial charge is 0.337 e. The summed E-state index contributed by atoms with van der Waals surface area (Å²) in [6, 6.07) is 6.82. The van der Waals surface area contributed by atoms with E-state index < -0.39 is 5.97 Å². The van der Waals surface area contributed by atoms with Gasteiger partial charge in [0.15, 0.2) is 0 Å². The molecule has 0 saturated heterocycles. The zero-order chi connectivity index (χ0) is 9.42. The molecule has 66 valence electrons. The number of carbonyl (C=O) groups is 1. The molecule has 0 aromatic carbocycles. The van der Waals surface area contributed by atoms with Crippen LogP contribution < -0.4 is 0 Å². The fraction of sp³-hybridized carbons (Fsp3) is 0. The average Bonchev–Trinajstić information content (AvgIpc) is 2.47. The number of aromatic nitrogens is 1. The first-order chi connectivity index (χ1) is 6.18. The summed E-state index contributed by atoms with van der Waals surface area (Å²) in [7, 11) is 0. The molecule has 2 aromatic heterocycles. The third kappa shape index (κ3) is 1.27. The topological polar surface area (TPSA) is 41.7 Å². The van der Waals surface area contributed by atoms with E-state index in [0.717, 1.165) is 5.52 Å². The van der Waals surface area contributed by atoms with Crippen LogP contribution in [0.4, 0.5) is 0 Å². The lowest BCUT2D eigenvalue weighted by atomic mass is 10.3. The first-order valence-corrected chi connectivity index (χ1v) is 4.06. The second kappa shape index (κ2) is 2.78. The predicted octanol–water partition coefficient (Wildman–Crippen LogP) is 2.29. The Hall–Kier alpha value is -1.48. The molecule has 0 radical (unpaired) electrons. The highest BCUT2D eigenvalue weighted by Gasteiger charge is 2.04. The number of fused-ring (bicyclic) bond motifs is 1. The van der Waals surface area contributed by atoms with Crippen molar-refractivity contribution in [3.05, 3.63) is 41.2 Å². The van der Waals surface area contributed by atoms with E-state index in [1.165, 1.54) is 6.20 Å². The summed E-state index contributed by atoms with van der Waals surface area (Å²) in [6.45, 7) is 0. The SMILES string of the molecule is O=C(O)c1ccc2ccc(Cl)n2c1. The fourth-order valence-electron chi connectivity index (χ4n) is 1.19. The van der Waals surface area contributed by atoms with Gasteiger partial charge in [-0.1, -0.05) is 11.6 Å². The molecule has 0 bridgehead atoms. The number of hydrogen-bond donors (Lipinski definition) is 1. The van der Waals surface area contributed by atoms with E-state index >= 15 is 0 Å². The van der Waals surface area contributed by atoms with Gasteiger partial charge >= 0.3 is 5.97 Å². The molecule has 0 spiro atoms. The van der Waals surface area contributed by atoms with Gasteiger partial charge in [-0.05, 0) is 24.3 Å². The monoisotopic (exact) mass is 195 g/mol. The highest BCUT2D eigenvalue weighted by Crippen LogP contribution is 2.15. The molecule has 0 amide bonds. The van der Waals surface area contributed by atoms with Crippen LogP contribution in [0.2, 0.25) is 5.15 Å². The van der Waals surface area contributed by atoms with Gasteiger partial charge in [-0.15, -0.1) is 0 Å². The van der Waals surface area contributed by atoms with Crippen molar-refractivity contribution in [2.45, 2.75) is 0 Å². The van der Waals surface area contributed by atoms with Crippen LogP contribution in [0.15, 0.2) is 30.5 Å². The number of carboxylic acid groups (broad SMARTS) is 1. The molecule has 0 unspecified atom stereocenters. The van der Waals surface area contributed by atoms with Gasteiger partial charge in [0.2, 0.25) is 0 Å². The van der Waals surface area contributed by atoms with Gasteiger partial charge in [-0.3, -0.25) is 0 Å². The molecule has 0 fully saturated rings. The van der Waals surface area contributed by atoms with Gasteiger partial charge in [-0.25, -0.2) is 4.79 Å². The quantitative estimate of drug-likeness (QED) is 0.759. The minimum Gasteiger partial charge on any atom is -0.478 e. The van der Waals surface area contributed by atoms with E-state index in [1.54, 1.807) is 22.6 Å². The normalized spacial score (nSPS) is 10.5. The lowest BCUT2D eigenvalue weighted by Crippen LogP contribution is -1.98. The van der Waals surface area contributed by atoms with Crippen molar-refractivity contribution in [2.75, 3.05) is 0 Å². The van der Waals surface area contributed by atoms with Gasteiger partial charge in [0.1, 0.15) is 5.15 Å². The Balaban J connectivity index is 2.72. The molecular weight excluding hydrogens is 190 g/mol. The van der Waals surface area contributed by atoms with E-state index in [1.807, 2.05) is 6.07 Å². The number of hydrogen-bond acceptors (Lipinski definition) is 1. The number of nitrogens with zero attached hydrogens (tertiary/aromatic N) is 1. The number of pyridine rings is 1. The molecular formula is C9H6ClNO2. The molecule has 0 atom stereocenters. The molecule has 4 heteroatoms. The Morgan fingerprint density at radius 3 is 2.69 bits per heavy atom. The molecule has 13 heavy (non-hydrogen) atoms. The standard InChI is InChI=1S/C9H6ClNO2/c10-8-4-3-7-2-1-6(9(12)13)5-11(7)8/h1-5H,(H,12,13). The summed E-state index contributed by atoms with van der Waals surface area (Å²) in [4.78, 5) is 10.6. The molecule has 0 aliphatic carbocycles. The first kappa shape index (κ1) is 8.13. The van der Waals surface area contributed by atoms with Crippen LogP contribution in [0.1, 0.15) is 10.4 Å². The Labute approximate surface area is 79.2 Å². The second-order valence-corrected chi connectivity index (χ2v) is 3.06. The van der Waals surface area contributed by atoms with Crippen LogP contribution in [0, 0.1) is 0 Å². The largest absolute Gasteiger partial charge is 0.478 e. The van der Waals surface area contributed by atoms with Crippen LogP contribution in [0.5, 0.6) is 0 Å². The zero-order valence-electron chi connectivity index (χ0n) is 6.57. The highest BCUT2D eigenvalue weighted by molar-refractivity contribution is 6.30. The first-order valence-electron chi connectivity index (χ1n) is 3.68. The molecule has 0 saturated carbocycles. The van der Waals surface area contributed by atoms with Crippen LogP contribution in [0.25, 0.3) is 5.52 Å². The van der Waals surface area contributed by atoms with Crippen molar-refractivity contribution >= 4 is 23.1 Å². The highest BCUT2D eigenvalue weighted by atomic mass is 35.5. The fourth-order valence-corrected chi connectivity index (χ4v) is 1.40. The van der Waals surface area contributed by atoms with Gasteiger partial charge in [-0.2, -0.15) is 0 Å². The van der Waals surface area contributed by atoms with E-state index in [4.69, 9.17) is 16.7 Å². The summed E-state index contributed by atoms with van der Waals surface area (Å²) in [5, 5.41) is 9.23. The summed E-state index contributed by atoms with van der Waals surface area (Å²) in [5.41, 5.74) is 1.11. The maximum atomic E-state index is 10.6. The van der Waals surface area contributed by atoms with Gasteiger partial charge < -0.3 is 9.51 Å². The van der Waals surface area contributed by atoms with Crippen LogP contribution in [-0.4, -0.2) is 15.5 Å². The molecule has 2 aromatic rings. The average molecular weight is 196 g/mol. The van der Waals surface area contributed by atoms with Gasteiger partial charge in [0, 0.05) is 11.7 Å². The lowest BCUT2D eigenvalue weighted by Gasteiger charge is -1.98. The zero-order valence-corrected chi connectivity index (χ0v) is 7.32. The van der Waals surface area contributed by atoms with E-state index in [9.17, 15) is 4.79 Å². The van der Waals surface area contributed by atoms with E-state index in [-0.39, 0.29) is 5.56 Å². The molecule has 0 aliphatic heterocycles. The van der Waals surface area contributed by atoms with Crippen molar-refractivity contribution in [1.82, 2.24) is 4.40 Å². The van der Waals surface area contributed by atoms with Crippen molar-refractivity contribution < 1.29 is 9.90 Å². The second-order valence-electron chi connectivity index (χ2n) is 2.67. The summed E-state index contributed by atoms with van der Waals surface area (Å²) in [5.74, 6) is -0.952. The van der Waals surface area contributed by atoms with Crippen molar-refractivity contribution in [3.8, 4) is 0 Å². The van der Waals surface area contributed by atoms with E-state index in [0.29, 0.717) is 5.15 Å². The predicted molar refractivity (Wildman–Crippen MR) is 49.4 cm³/mol. The lowest BCUT2D eigenvalue weighted by molar-refractivity contribution is 0.0696. The van der Waals surface area contributed by atoms with E-state index in [2.05, 4.69) is 0 Å². The minimum atomic E-state index is -0.952. The maximum Gasteiger partial charge on any atom is 0.337 e. The molecule has 3 nitrogen and oxygen atoms in total. The third-order valence-electron chi connectivity index (χ3n) is 1.85. The van der Waals surface area contributed by atoms with Crippen LogP contribution in [0.3, 0.4) is 0 Å². The Morgan fingerprint density at radius 1 is 1.31 bits per heavy atom. The maximum absolute atomic E-state index is 10.6. The third-order valence-corrected chi connectivity index (χ3v) is 2.16. The van der Waals surface area contributed by atoms with Crippen molar-refractivity contribution in [3.63, 3.8) is 0 Å². The van der Waals surface area contributed by atoms with Gasteiger partial charge in [0.05, 0.1) is 5.56 Å². The summed E-state index contributed by atoms with van der Waals surface area (Å²) in [6.07, 6.45) is 1.50. The number of rotatable bonds is 1. The number of halogens is 1. The van der Waals surface area contributed by atoms with Crippen LogP contribution >= 0.6 is 11.6 Å². The van der Waals surface area contributed by atoms with Crippen molar-refractivity contribution in [1.29, 1.82) is 0 Å². The number of aromatic carboxylic acids is 1. The molecule has 0 aliphatic rings. The Bertz CT molecular complexity index is 475.